The first-order valence-corrected chi connectivity index (χ1v) is 5.88. The van der Waals surface area contributed by atoms with E-state index in [-0.39, 0.29) is 0 Å². The summed E-state index contributed by atoms with van der Waals surface area (Å²) >= 11 is 3.66. The first-order chi connectivity index (χ1) is 7.15. The third kappa shape index (κ3) is 1.70. The molecular weight excluding hydrogens is 252 g/mol. The van der Waals surface area contributed by atoms with E-state index < -0.39 is 0 Å². The second-order valence-corrected chi connectivity index (χ2v) is 4.67. The van der Waals surface area contributed by atoms with Crippen molar-refractivity contribution in [2.75, 3.05) is 6.54 Å². The van der Waals surface area contributed by atoms with Gasteiger partial charge in [0.05, 0.1) is 0 Å². The number of halogens is 1. The molecule has 80 valence electrons. The molecule has 3 heteroatoms. The van der Waals surface area contributed by atoms with Gasteiger partial charge in [0.15, 0.2) is 0 Å². The number of rotatable bonds is 2. The third-order valence-electron chi connectivity index (χ3n) is 2.79. The Morgan fingerprint density at radius 3 is 2.80 bits per heavy atom. The number of nitrogens with zero attached hydrogens (tertiary/aromatic N) is 1. The Hall–Kier alpha value is -0.800. The van der Waals surface area contributed by atoms with Crippen LogP contribution in [-0.2, 0) is 13.5 Å². The van der Waals surface area contributed by atoms with Gasteiger partial charge < -0.3 is 10.3 Å². The summed E-state index contributed by atoms with van der Waals surface area (Å²) in [6.07, 6.45) is 0.908. The zero-order valence-corrected chi connectivity index (χ0v) is 10.6. The Bertz CT molecular complexity index is 500. The van der Waals surface area contributed by atoms with Gasteiger partial charge in [-0.15, -0.1) is 0 Å². The topological polar surface area (TPSA) is 30.9 Å². The van der Waals surface area contributed by atoms with E-state index in [1.165, 1.54) is 26.6 Å². The molecule has 0 aliphatic carbocycles. The number of hydrogen-bond acceptors (Lipinski definition) is 1. The molecule has 0 saturated heterocycles. The molecule has 1 aromatic carbocycles. The molecule has 0 aliphatic heterocycles. The average Bonchev–Trinajstić information content (AvgIpc) is 2.44. The monoisotopic (exact) mass is 266 g/mol. The van der Waals surface area contributed by atoms with Gasteiger partial charge in [-0.1, -0.05) is 11.6 Å². The summed E-state index contributed by atoms with van der Waals surface area (Å²) in [5, 5.41) is 1.28. The van der Waals surface area contributed by atoms with Crippen LogP contribution in [0.2, 0.25) is 0 Å². The molecule has 0 radical (unpaired) electrons. The maximum Gasteiger partial charge on any atom is 0.0491 e. The number of aryl methyl sites for hydroxylation is 2. The van der Waals surface area contributed by atoms with Gasteiger partial charge in [0.1, 0.15) is 0 Å². The van der Waals surface area contributed by atoms with Crippen molar-refractivity contribution in [3.63, 3.8) is 0 Å². The highest BCUT2D eigenvalue weighted by molar-refractivity contribution is 9.10. The maximum absolute atomic E-state index is 5.62. The Labute approximate surface area is 98.2 Å². The van der Waals surface area contributed by atoms with Crippen molar-refractivity contribution < 1.29 is 0 Å². The SMILES string of the molecule is Cc1ccc2c(c1)c(Br)c(CCN)n2C. The lowest BCUT2D eigenvalue weighted by Crippen LogP contribution is -2.06. The molecule has 0 bridgehead atoms. The molecule has 1 aromatic heterocycles. The summed E-state index contributed by atoms with van der Waals surface area (Å²) in [6.45, 7) is 2.79. The molecule has 0 unspecified atom stereocenters. The first-order valence-electron chi connectivity index (χ1n) is 5.08. The third-order valence-corrected chi connectivity index (χ3v) is 3.67. The van der Waals surface area contributed by atoms with E-state index in [0.29, 0.717) is 6.54 Å². The molecule has 2 nitrogen and oxygen atoms in total. The lowest BCUT2D eigenvalue weighted by molar-refractivity contribution is 0.823. The van der Waals surface area contributed by atoms with Crippen LogP contribution in [0.4, 0.5) is 0 Å². The fraction of sp³-hybridized carbons (Fsp3) is 0.333. The Kier molecular flexibility index (Phi) is 2.85. The van der Waals surface area contributed by atoms with Crippen molar-refractivity contribution in [3.8, 4) is 0 Å². The molecule has 0 saturated carbocycles. The van der Waals surface area contributed by atoms with Crippen molar-refractivity contribution in [2.45, 2.75) is 13.3 Å². The minimum absolute atomic E-state index is 0.682. The van der Waals surface area contributed by atoms with E-state index in [2.05, 4.69) is 52.7 Å². The van der Waals surface area contributed by atoms with Gasteiger partial charge in [0, 0.05) is 34.5 Å². The highest BCUT2D eigenvalue weighted by Gasteiger charge is 2.11. The Morgan fingerprint density at radius 1 is 1.40 bits per heavy atom. The smallest absolute Gasteiger partial charge is 0.0491 e. The van der Waals surface area contributed by atoms with E-state index in [9.17, 15) is 0 Å². The maximum atomic E-state index is 5.62. The molecule has 2 aromatic rings. The molecule has 15 heavy (non-hydrogen) atoms. The Morgan fingerprint density at radius 2 is 2.13 bits per heavy atom. The van der Waals surface area contributed by atoms with Crippen molar-refractivity contribution in [2.24, 2.45) is 12.8 Å². The van der Waals surface area contributed by atoms with E-state index in [1.54, 1.807) is 0 Å². The largest absolute Gasteiger partial charge is 0.346 e. The summed E-state index contributed by atoms with van der Waals surface area (Å²) in [5.41, 5.74) is 9.44. The summed E-state index contributed by atoms with van der Waals surface area (Å²) < 4.78 is 3.40. The van der Waals surface area contributed by atoms with Crippen LogP contribution >= 0.6 is 15.9 Å². The van der Waals surface area contributed by atoms with Crippen molar-refractivity contribution >= 4 is 26.8 Å². The predicted molar refractivity (Wildman–Crippen MR) is 68.1 cm³/mol. The average molecular weight is 267 g/mol. The van der Waals surface area contributed by atoms with Crippen LogP contribution in [0, 0.1) is 6.92 Å². The fourth-order valence-corrected chi connectivity index (χ4v) is 2.76. The standard InChI is InChI=1S/C12H15BrN2/c1-8-3-4-10-9(7-8)12(13)11(5-6-14)15(10)2/h3-4,7H,5-6,14H2,1-2H3. The fourth-order valence-electron chi connectivity index (χ4n) is 1.98. The van der Waals surface area contributed by atoms with Gasteiger partial charge in [-0.25, -0.2) is 0 Å². The zero-order chi connectivity index (χ0) is 11.0. The number of nitrogens with two attached hydrogens (primary N) is 1. The molecule has 0 spiro atoms. The summed E-state index contributed by atoms with van der Waals surface area (Å²) in [6, 6.07) is 6.51. The summed E-state index contributed by atoms with van der Waals surface area (Å²) in [7, 11) is 2.09. The molecule has 0 aliphatic rings. The second kappa shape index (κ2) is 3.99. The molecule has 0 amide bonds. The van der Waals surface area contributed by atoms with Crippen LogP contribution in [-0.4, -0.2) is 11.1 Å². The number of fused-ring (bicyclic) bond motifs is 1. The van der Waals surface area contributed by atoms with E-state index >= 15 is 0 Å². The Balaban J connectivity index is 2.73. The molecule has 1 heterocycles. The lowest BCUT2D eigenvalue weighted by Gasteiger charge is -2.02. The van der Waals surface area contributed by atoms with Crippen LogP contribution in [0.25, 0.3) is 10.9 Å². The van der Waals surface area contributed by atoms with Gasteiger partial charge >= 0.3 is 0 Å². The van der Waals surface area contributed by atoms with Crippen molar-refractivity contribution in [1.82, 2.24) is 4.57 Å². The van der Waals surface area contributed by atoms with Gasteiger partial charge in [-0.05, 0) is 41.5 Å². The van der Waals surface area contributed by atoms with Crippen LogP contribution in [0.1, 0.15) is 11.3 Å². The summed E-state index contributed by atoms with van der Waals surface area (Å²) in [5.74, 6) is 0. The van der Waals surface area contributed by atoms with E-state index in [1.807, 2.05) is 0 Å². The van der Waals surface area contributed by atoms with Crippen LogP contribution in [0.5, 0.6) is 0 Å². The normalized spacial score (nSPS) is 11.2. The number of aromatic nitrogens is 1. The van der Waals surface area contributed by atoms with Gasteiger partial charge in [-0.2, -0.15) is 0 Å². The highest BCUT2D eigenvalue weighted by Crippen LogP contribution is 2.31. The molecular formula is C12H15BrN2. The molecule has 0 fully saturated rings. The van der Waals surface area contributed by atoms with Crippen molar-refractivity contribution in [1.29, 1.82) is 0 Å². The second-order valence-electron chi connectivity index (χ2n) is 3.88. The van der Waals surface area contributed by atoms with E-state index in [0.717, 1.165) is 6.42 Å². The van der Waals surface area contributed by atoms with Crippen molar-refractivity contribution in [3.05, 3.63) is 33.9 Å². The minimum Gasteiger partial charge on any atom is -0.346 e. The van der Waals surface area contributed by atoms with Gasteiger partial charge in [-0.3, -0.25) is 0 Å². The van der Waals surface area contributed by atoms with E-state index in [4.69, 9.17) is 5.73 Å². The number of benzene rings is 1. The number of hydrogen-bond donors (Lipinski definition) is 1. The summed E-state index contributed by atoms with van der Waals surface area (Å²) in [4.78, 5) is 0. The van der Waals surface area contributed by atoms with Gasteiger partial charge in [0.2, 0.25) is 0 Å². The molecule has 2 rings (SSSR count). The van der Waals surface area contributed by atoms with Crippen LogP contribution < -0.4 is 5.73 Å². The van der Waals surface area contributed by atoms with Gasteiger partial charge in [0.25, 0.3) is 0 Å². The minimum atomic E-state index is 0.682. The quantitative estimate of drug-likeness (QED) is 0.891. The zero-order valence-electron chi connectivity index (χ0n) is 9.05. The van der Waals surface area contributed by atoms with Crippen LogP contribution in [0.15, 0.2) is 22.7 Å². The lowest BCUT2D eigenvalue weighted by atomic mass is 10.2. The van der Waals surface area contributed by atoms with Crippen LogP contribution in [0.3, 0.4) is 0 Å². The predicted octanol–water partition coefficient (Wildman–Crippen LogP) is 2.75. The molecule has 0 atom stereocenters. The highest BCUT2D eigenvalue weighted by atomic mass is 79.9. The molecule has 2 N–H and O–H groups in total. The first kappa shape index (κ1) is 10.7.